The molecule has 0 spiro atoms. The molecule has 1 atom stereocenters. The number of carboxylic acids is 1. The van der Waals surface area contributed by atoms with Gasteiger partial charge in [0.25, 0.3) is 0 Å². The molecule has 0 aromatic heterocycles. The Hall–Kier alpha value is -1.36. The summed E-state index contributed by atoms with van der Waals surface area (Å²) >= 11 is 0. The summed E-state index contributed by atoms with van der Waals surface area (Å²) in [5, 5.41) is 8.54. The van der Waals surface area contributed by atoms with E-state index < -0.39 is 12.1 Å². The molecule has 0 aliphatic carbocycles. The van der Waals surface area contributed by atoms with Crippen molar-refractivity contribution in [3.05, 3.63) is 12.7 Å². The predicted molar refractivity (Wildman–Crippen MR) is 48.8 cm³/mol. The molecule has 1 fully saturated rings. The summed E-state index contributed by atoms with van der Waals surface area (Å²) in [7, 11) is 0. The van der Waals surface area contributed by atoms with Crippen molar-refractivity contribution in [3.8, 4) is 0 Å². The van der Waals surface area contributed by atoms with Crippen LogP contribution < -0.4 is 0 Å². The zero-order valence-electron chi connectivity index (χ0n) is 7.81. The van der Waals surface area contributed by atoms with Crippen LogP contribution in [0.5, 0.6) is 0 Å². The highest BCUT2D eigenvalue weighted by atomic mass is 16.5. The molecule has 1 amide bonds. The fourth-order valence-corrected chi connectivity index (χ4v) is 1.37. The van der Waals surface area contributed by atoms with Gasteiger partial charge in [0.05, 0.1) is 19.1 Å². The molecule has 5 heteroatoms. The third-order valence-corrected chi connectivity index (χ3v) is 2.03. The molecular formula is C9H13NO4. The van der Waals surface area contributed by atoms with Gasteiger partial charge in [0.2, 0.25) is 5.91 Å². The normalized spacial score (nSPS) is 21.7. The van der Waals surface area contributed by atoms with Crippen molar-refractivity contribution in [2.24, 2.45) is 0 Å². The summed E-state index contributed by atoms with van der Waals surface area (Å²) < 4.78 is 5.20. The number of carbonyl (C=O) groups is 2. The van der Waals surface area contributed by atoms with Crippen molar-refractivity contribution in [2.75, 3.05) is 19.7 Å². The number of ether oxygens (including phenoxy) is 1. The monoisotopic (exact) mass is 199 g/mol. The third kappa shape index (κ3) is 2.85. The molecule has 1 unspecified atom stereocenters. The van der Waals surface area contributed by atoms with Gasteiger partial charge in [-0.25, -0.2) is 0 Å². The molecule has 14 heavy (non-hydrogen) atoms. The van der Waals surface area contributed by atoms with Crippen LogP contribution in [-0.4, -0.2) is 47.7 Å². The van der Waals surface area contributed by atoms with Crippen molar-refractivity contribution in [1.82, 2.24) is 4.90 Å². The Labute approximate surface area is 82.0 Å². The Kier molecular flexibility index (Phi) is 3.64. The molecule has 1 aliphatic rings. The minimum atomic E-state index is -0.914. The summed E-state index contributed by atoms with van der Waals surface area (Å²) in [6.45, 7) is 4.59. The van der Waals surface area contributed by atoms with Crippen molar-refractivity contribution < 1.29 is 19.4 Å². The molecule has 1 aliphatic heterocycles. The average Bonchev–Trinajstić information content (AvgIpc) is 2.16. The number of carbonyl (C=O) groups excluding carboxylic acids is 1. The van der Waals surface area contributed by atoms with Crippen LogP contribution in [0.25, 0.3) is 0 Å². The van der Waals surface area contributed by atoms with Gasteiger partial charge in [-0.2, -0.15) is 0 Å². The van der Waals surface area contributed by atoms with E-state index in [1.54, 1.807) is 4.90 Å². The van der Waals surface area contributed by atoms with Crippen LogP contribution in [0.1, 0.15) is 6.42 Å². The highest BCUT2D eigenvalue weighted by Gasteiger charge is 2.24. The van der Waals surface area contributed by atoms with Crippen molar-refractivity contribution in [3.63, 3.8) is 0 Å². The number of aliphatic carboxylic acids is 1. The fraction of sp³-hybridized carbons (Fsp3) is 0.556. The molecule has 5 nitrogen and oxygen atoms in total. The quantitative estimate of drug-likeness (QED) is 0.643. The van der Waals surface area contributed by atoms with E-state index in [0.717, 1.165) is 0 Å². The molecule has 0 radical (unpaired) electrons. The van der Waals surface area contributed by atoms with Gasteiger partial charge < -0.3 is 14.7 Å². The van der Waals surface area contributed by atoms with Crippen molar-refractivity contribution in [2.45, 2.75) is 12.5 Å². The molecule has 0 bridgehead atoms. The molecule has 0 saturated carbocycles. The smallest absolute Gasteiger partial charge is 0.306 e. The van der Waals surface area contributed by atoms with E-state index in [0.29, 0.717) is 19.7 Å². The van der Waals surface area contributed by atoms with E-state index in [2.05, 4.69) is 6.58 Å². The average molecular weight is 199 g/mol. The minimum Gasteiger partial charge on any atom is -0.481 e. The van der Waals surface area contributed by atoms with Crippen LogP contribution in [0.15, 0.2) is 12.7 Å². The summed E-state index contributed by atoms with van der Waals surface area (Å²) in [5.41, 5.74) is 0. The number of hydrogen-bond acceptors (Lipinski definition) is 3. The molecular weight excluding hydrogens is 186 g/mol. The summed E-state index contributed by atoms with van der Waals surface area (Å²) in [5.74, 6) is -1.09. The largest absolute Gasteiger partial charge is 0.481 e. The lowest BCUT2D eigenvalue weighted by molar-refractivity contribution is -0.145. The third-order valence-electron chi connectivity index (χ3n) is 2.03. The Morgan fingerprint density at radius 1 is 1.64 bits per heavy atom. The molecule has 1 saturated heterocycles. The van der Waals surface area contributed by atoms with Gasteiger partial charge in [-0.15, -0.1) is 0 Å². The number of hydrogen-bond donors (Lipinski definition) is 1. The first-order valence-corrected chi connectivity index (χ1v) is 4.38. The van der Waals surface area contributed by atoms with Crippen LogP contribution in [-0.2, 0) is 14.3 Å². The first-order valence-electron chi connectivity index (χ1n) is 4.38. The van der Waals surface area contributed by atoms with Crippen molar-refractivity contribution in [1.29, 1.82) is 0 Å². The maximum absolute atomic E-state index is 11.2. The molecule has 1 rings (SSSR count). The number of carboxylic acid groups (broad SMARTS) is 1. The highest BCUT2D eigenvalue weighted by molar-refractivity contribution is 5.87. The van der Waals surface area contributed by atoms with Crippen molar-refractivity contribution >= 4 is 11.9 Å². The summed E-state index contributed by atoms with van der Waals surface area (Å²) in [6.07, 6.45) is 0.759. The van der Waals surface area contributed by atoms with Crippen LogP contribution in [0, 0.1) is 0 Å². The van der Waals surface area contributed by atoms with Gasteiger partial charge in [0, 0.05) is 13.1 Å². The number of nitrogens with zero attached hydrogens (tertiary/aromatic N) is 1. The van der Waals surface area contributed by atoms with Gasteiger partial charge in [0.15, 0.2) is 0 Å². The SMILES string of the molecule is C=CC(=O)N1CCOC(CC(=O)O)C1. The lowest BCUT2D eigenvalue weighted by Crippen LogP contribution is -2.45. The molecule has 0 aromatic rings. The predicted octanol–water partition coefficient (Wildman–Crippen LogP) is -0.126. The van der Waals surface area contributed by atoms with Gasteiger partial charge in [-0.3, -0.25) is 9.59 Å². The molecule has 0 aromatic carbocycles. The first-order chi connectivity index (χ1) is 6.63. The second-order valence-electron chi connectivity index (χ2n) is 3.08. The zero-order chi connectivity index (χ0) is 10.6. The standard InChI is InChI=1S/C9H13NO4/c1-2-8(11)10-3-4-14-7(6-10)5-9(12)13/h2,7H,1,3-6H2,(H,12,13). The van der Waals surface area contributed by atoms with E-state index in [1.807, 2.05) is 0 Å². The topological polar surface area (TPSA) is 66.8 Å². The Morgan fingerprint density at radius 3 is 2.93 bits per heavy atom. The second-order valence-corrected chi connectivity index (χ2v) is 3.08. The van der Waals surface area contributed by atoms with E-state index in [1.165, 1.54) is 6.08 Å². The maximum Gasteiger partial charge on any atom is 0.306 e. The van der Waals surface area contributed by atoms with Crippen LogP contribution >= 0.6 is 0 Å². The van der Waals surface area contributed by atoms with Gasteiger partial charge >= 0.3 is 5.97 Å². The Balaban J connectivity index is 2.47. The van der Waals surface area contributed by atoms with E-state index in [9.17, 15) is 9.59 Å². The van der Waals surface area contributed by atoms with Gasteiger partial charge in [-0.1, -0.05) is 6.58 Å². The van der Waals surface area contributed by atoms with Gasteiger partial charge in [0.1, 0.15) is 0 Å². The fourth-order valence-electron chi connectivity index (χ4n) is 1.37. The number of rotatable bonds is 3. The zero-order valence-corrected chi connectivity index (χ0v) is 7.81. The lowest BCUT2D eigenvalue weighted by atomic mass is 10.2. The van der Waals surface area contributed by atoms with Crippen LogP contribution in [0.4, 0.5) is 0 Å². The molecule has 1 heterocycles. The van der Waals surface area contributed by atoms with E-state index in [4.69, 9.17) is 9.84 Å². The lowest BCUT2D eigenvalue weighted by Gasteiger charge is -2.31. The minimum absolute atomic E-state index is 0.0685. The van der Waals surface area contributed by atoms with E-state index in [-0.39, 0.29) is 12.3 Å². The second kappa shape index (κ2) is 4.76. The maximum atomic E-state index is 11.2. The number of amides is 1. The Bertz CT molecular complexity index is 251. The molecule has 78 valence electrons. The first kappa shape index (κ1) is 10.7. The van der Waals surface area contributed by atoms with Crippen LogP contribution in [0.2, 0.25) is 0 Å². The Morgan fingerprint density at radius 2 is 2.36 bits per heavy atom. The van der Waals surface area contributed by atoms with E-state index >= 15 is 0 Å². The summed E-state index contributed by atoms with van der Waals surface area (Å²) in [4.78, 5) is 23.2. The van der Waals surface area contributed by atoms with Gasteiger partial charge in [-0.05, 0) is 6.08 Å². The van der Waals surface area contributed by atoms with Crippen LogP contribution in [0.3, 0.4) is 0 Å². The molecule has 1 N–H and O–H groups in total. The number of morpholine rings is 1. The highest BCUT2D eigenvalue weighted by Crippen LogP contribution is 2.08. The summed E-state index contributed by atoms with van der Waals surface area (Å²) in [6, 6.07) is 0.